The zero-order valence-electron chi connectivity index (χ0n) is 16.5. The van der Waals surface area contributed by atoms with Gasteiger partial charge in [0.2, 0.25) is 5.91 Å². The molecule has 2 aromatic rings. The summed E-state index contributed by atoms with van der Waals surface area (Å²) in [5.41, 5.74) is 0.733. The third kappa shape index (κ3) is 4.75. The largest absolute Gasteiger partial charge is 0.356 e. The van der Waals surface area contributed by atoms with Crippen LogP contribution in [0.2, 0.25) is 4.34 Å². The van der Waals surface area contributed by atoms with Crippen LogP contribution in [0.4, 0.5) is 0 Å². The molecule has 0 saturated carbocycles. The Hall–Kier alpha value is -1.44. The quantitative estimate of drug-likeness (QED) is 0.645. The smallest absolute Gasteiger partial charge is 0.266 e. The summed E-state index contributed by atoms with van der Waals surface area (Å²) in [7, 11) is 0. The van der Waals surface area contributed by atoms with Gasteiger partial charge in [-0.2, -0.15) is 0 Å². The molecule has 152 valence electrons. The molecule has 2 atom stereocenters. The van der Waals surface area contributed by atoms with Crippen LogP contribution in [-0.2, 0) is 4.79 Å². The second-order valence-electron chi connectivity index (χ2n) is 7.26. The van der Waals surface area contributed by atoms with E-state index in [1.807, 2.05) is 24.0 Å². The van der Waals surface area contributed by atoms with E-state index < -0.39 is 0 Å². The van der Waals surface area contributed by atoms with Crippen molar-refractivity contribution in [3.63, 3.8) is 0 Å². The molecule has 2 amide bonds. The lowest BCUT2D eigenvalue weighted by Gasteiger charge is -2.37. The van der Waals surface area contributed by atoms with Gasteiger partial charge in [-0.25, -0.2) is 4.98 Å². The van der Waals surface area contributed by atoms with Gasteiger partial charge in [-0.05, 0) is 45.2 Å². The summed E-state index contributed by atoms with van der Waals surface area (Å²) in [6, 6.07) is 3.89. The summed E-state index contributed by atoms with van der Waals surface area (Å²) < 4.78 is 0.706. The van der Waals surface area contributed by atoms with Gasteiger partial charge < -0.3 is 10.2 Å². The first-order chi connectivity index (χ1) is 13.4. The van der Waals surface area contributed by atoms with Crippen molar-refractivity contribution in [3.05, 3.63) is 27.0 Å². The number of hydrogen-bond donors (Lipinski definition) is 1. The SMILES string of the molecule is CCCCNC(=O)C1CCC(C)N(C(=O)c2sc(-c3ccc(Cl)s3)nc2C)C1. The summed E-state index contributed by atoms with van der Waals surface area (Å²) in [6.45, 7) is 7.20. The number of rotatable bonds is 6. The number of piperidine rings is 1. The molecule has 1 aliphatic rings. The van der Waals surface area contributed by atoms with Crippen LogP contribution in [-0.4, -0.2) is 40.8 Å². The van der Waals surface area contributed by atoms with Gasteiger partial charge in [-0.3, -0.25) is 9.59 Å². The second-order valence-corrected chi connectivity index (χ2v) is 9.98. The number of carbonyl (C=O) groups excluding carboxylic acids is 2. The Labute approximate surface area is 179 Å². The second kappa shape index (κ2) is 9.37. The third-order valence-corrected chi connectivity index (χ3v) is 7.66. The average molecular weight is 440 g/mol. The molecule has 2 aromatic heterocycles. The number of hydrogen-bond acceptors (Lipinski definition) is 5. The first kappa shape index (κ1) is 21.3. The molecule has 0 radical (unpaired) electrons. The number of aryl methyl sites for hydroxylation is 1. The zero-order chi connectivity index (χ0) is 20.3. The number of thiophene rings is 1. The van der Waals surface area contributed by atoms with Crippen molar-refractivity contribution in [2.24, 2.45) is 5.92 Å². The summed E-state index contributed by atoms with van der Waals surface area (Å²) >= 11 is 8.90. The van der Waals surface area contributed by atoms with E-state index in [2.05, 4.69) is 24.1 Å². The molecule has 28 heavy (non-hydrogen) atoms. The van der Waals surface area contributed by atoms with Crippen LogP contribution in [0.5, 0.6) is 0 Å². The van der Waals surface area contributed by atoms with Gasteiger partial charge in [0, 0.05) is 19.1 Å². The van der Waals surface area contributed by atoms with Gasteiger partial charge in [0.25, 0.3) is 5.91 Å². The van der Waals surface area contributed by atoms with Crippen molar-refractivity contribution in [1.82, 2.24) is 15.2 Å². The lowest BCUT2D eigenvalue weighted by atomic mass is 9.92. The number of amides is 2. The molecule has 1 N–H and O–H groups in total. The zero-order valence-corrected chi connectivity index (χ0v) is 18.8. The Kier molecular flexibility index (Phi) is 7.12. The van der Waals surface area contributed by atoms with Crippen molar-refractivity contribution in [2.45, 2.75) is 52.5 Å². The highest BCUT2D eigenvalue weighted by Gasteiger charge is 2.34. The molecule has 2 unspecified atom stereocenters. The Morgan fingerprint density at radius 1 is 1.32 bits per heavy atom. The number of thiazole rings is 1. The van der Waals surface area contributed by atoms with Crippen LogP contribution in [0, 0.1) is 12.8 Å². The van der Waals surface area contributed by atoms with Gasteiger partial charge in [0.15, 0.2) is 0 Å². The maximum absolute atomic E-state index is 13.3. The van der Waals surface area contributed by atoms with Gasteiger partial charge in [0.05, 0.1) is 20.8 Å². The fourth-order valence-electron chi connectivity index (χ4n) is 3.40. The van der Waals surface area contributed by atoms with Gasteiger partial charge >= 0.3 is 0 Å². The molecule has 3 rings (SSSR count). The van der Waals surface area contributed by atoms with Gasteiger partial charge in [-0.1, -0.05) is 24.9 Å². The highest BCUT2D eigenvalue weighted by atomic mass is 35.5. The molecule has 1 saturated heterocycles. The predicted molar refractivity (Wildman–Crippen MR) is 116 cm³/mol. The highest BCUT2D eigenvalue weighted by molar-refractivity contribution is 7.24. The van der Waals surface area contributed by atoms with E-state index in [1.165, 1.54) is 22.7 Å². The molecule has 5 nitrogen and oxygen atoms in total. The van der Waals surface area contributed by atoms with Crippen molar-refractivity contribution >= 4 is 46.1 Å². The number of nitrogens with one attached hydrogen (secondary N) is 1. The lowest BCUT2D eigenvalue weighted by Crippen LogP contribution is -2.49. The monoisotopic (exact) mass is 439 g/mol. The molecule has 0 bridgehead atoms. The van der Waals surface area contributed by atoms with Crippen LogP contribution in [0.15, 0.2) is 12.1 Å². The van der Waals surface area contributed by atoms with Crippen LogP contribution in [0.1, 0.15) is 54.9 Å². The van der Waals surface area contributed by atoms with E-state index in [0.717, 1.165) is 41.3 Å². The lowest BCUT2D eigenvalue weighted by molar-refractivity contribution is -0.126. The Bertz CT molecular complexity index is 848. The van der Waals surface area contributed by atoms with E-state index in [1.54, 1.807) is 0 Å². The minimum absolute atomic E-state index is 0.0255. The number of unbranched alkanes of at least 4 members (excludes halogenated alkanes) is 1. The third-order valence-electron chi connectivity index (χ3n) is 5.12. The summed E-state index contributed by atoms with van der Waals surface area (Å²) in [4.78, 5) is 33.8. The fraction of sp³-hybridized carbons (Fsp3) is 0.550. The van der Waals surface area contributed by atoms with Gasteiger partial charge in [-0.15, -0.1) is 22.7 Å². The van der Waals surface area contributed by atoms with Crippen LogP contribution in [0.3, 0.4) is 0 Å². The van der Waals surface area contributed by atoms with E-state index in [4.69, 9.17) is 11.6 Å². The standard InChI is InChI=1S/C20H26ClN3O2S2/c1-4-5-10-22-18(25)14-7-6-12(2)24(11-14)20(26)17-13(3)23-19(28-17)15-8-9-16(21)27-15/h8-9,12,14H,4-7,10-11H2,1-3H3,(H,22,25). The number of halogens is 1. The number of likely N-dealkylation sites (tertiary alicyclic amines) is 1. The number of nitrogens with zero attached hydrogens (tertiary/aromatic N) is 2. The Morgan fingerprint density at radius 3 is 2.79 bits per heavy atom. The number of aromatic nitrogens is 1. The molecule has 1 aliphatic heterocycles. The molecule has 8 heteroatoms. The summed E-state index contributed by atoms with van der Waals surface area (Å²) in [6.07, 6.45) is 3.69. The molecular weight excluding hydrogens is 414 g/mol. The first-order valence-electron chi connectivity index (χ1n) is 9.72. The topological polar surface area (TPSA) is 62.3 Å². The molecule has 0 aromatic carbocycles. The number of carbonyl (C=O) groups is 2. The molecule has 0 aliphatic carbocycles. The normalized spacial score (nSPS) is 19.6. The van der Waals surface area contributed by atoms with Crippen molar-refractivity contribution in [3.8, 4) is 9.88 Å². The maximum Gasteiger partial charge on any atom is 0.266 e. The minimum Gasteiger partial charge on any atom is -0.356 e. The highest BCUT2D eigenvalue weighted by Crippen LogP contribution is 2.36. The minimum atomic E-state index is -0.138. The van der Waals surface area contributed by atoms with E-state index in [-0.39, 0.29) is 23.8 Å². The van der Waals surface area contributed by atoms with Crippen LogP contribution in [0.25, 0.3) is 9.88 Å². The van der Waals surface area contributed by atoms with Crippen LogP contribution >= 0.6 is 34.3 Å². The van der Waals surface area contributed by atoms with Crippen molar-refractivity contribution in [2.75, 3.05) is 13.1 Å². The fourth-order valence-corrected chi connectivity index (χ4v) is 5.52. The molecular formula is C20H26ClN3O2S2. The molecule has 0 spiro atoms. The van der Waals surface area contributed by atoms with E-state index in [9.17, 15) is 9.59 Å². The molecule has 3 heterocycles. The molecule has 1 fully saturated rings. The van der Waals surface area contributed by atoms with Gasteiger partial charge in [0.1, 0.15) is 9.88 Å². The van der Waals surface area contributed by atoms with Crippen molar-refractivity contribution in [1.29, 1.82) is 0 Å². The van der Waals surface area contributed by atoms with E-state index in [0.29, 0.717) is 22.3 Å². The first-order valence-corrected chi connectivity index (χ1v) is 11.7. The Balaban J connectivity index is 1.73. The average Bonchev–Trinajstić information content (AvgIpc) is 3.27. The summed E-state index contributed by atoms with van der Waals surface area (Å²) in [5, 5.41) is 3.82. The Morgan fingerprint density at radius 2 is 2.11 bits per heavy atom. The van der Waals surface area contributed by atoms with E-state index >= 15 is 0 Å². The summed E-state index contributed by atoms with van der Waals surface area (Å²) in [5.74, 6) is -0.101. The van der Waals surface area contributed by atoms with Crippen LogP contribution < -0.4 is 5.32 Å². The predicted octanol–water partition coefficient (Wildman–Crippen LogP) is 4.99. The van der Waals surface area contributed by atoms with Crippen molar-refractivity contribution < 1.29 is 9.59 Å². The maximum atomic E-state index is 13.3.